The van der Waals surface area contributed by atoms with Gasteiger partial charge in [0.1, 0.15) is 0 Å². The molecule has 3 heteroatoms. The zero-order chi connectivity index (χ0) is 44.1. The lowest BCUT2D eigenvalue weighted by Gasteiger charge is -2.23. The van der Waals surface area contributed by atoms with Crippen molar-refractivity contribution >= 4 is 0 Å². The molecule has 2 heterocycles. The predicted octanol–water partition coefficient (Wildman–Crippen LogP) is 16.5. The van der Waals surface area contributed by atoms with Crippen LogP contribution in [0.1, 0.15) is 0 Å². The third-order valence-corrected chi connectivity index (χ3v) is 12.1. The molecule has 0 saturated carbocycles. The van der Waals surface area contributed by atoms with Crippen molar-refractivity contribution in [2.75, 3.05) is 0 Å². The fourth-order valence-corrected chi connectivity index (χ4v) is 8.92. The van der Waals surface area contributed by atoms with Crippen LogP contribution < -0.4 is 0 Å². The van der Waals surface area contributed by atoms with Gasteiger partial charge in [-0.1, -0.05) is 237 Å². The van der Waals surface area contributed by atoms with Crippen LogP contribution in [0.3, 0.4) is 0 Å². The van der Waals surface area contributed by atoms with E-state index >= 15 is 0 Å². The Hall–Kier alpha value is -8.79. The maximum Gasteiger partial charge on any atom is 0.160 e. The van der Waals surface area contributed by atoms with Gasteiger partial charge in [0, 0.05) is 44.5 Å². The third-order valence-electron chi connectivity index (χ3n) is 12.1. The average molecular weight is 842 g/mol. The van der Waals surface area contributed by atoms with Crippen LogP contribution in [0.4, 0.5) is 0 Å². The summed E-state index contributed by atoms with van der Waals surface area (Å²) in [5.41, 5.74) is 19.5. The van der Waals surface area contributed by atoms with E-state index in [1.807, 2.05) is 0 Å². The highest BCUT2D eigenvalue weighted by Crippen LogP contribution is 2.49. The van der Waals surface area contributed by atoms with Crippen molar-refractivity contribution in [2.24, 2.45) is 0 Å². The van der Waals surface area contributed by atoms with Crippen molar-refractivity contribution < 1.29 is 0 Å². The summed E-state index contributed by atoms with van der Waals surface area (Å²) in [6, 6.07) is 91.7. The van der Waals surface area contributed by atoms with Crippen LogP contribution in [0.15, 0.2) is 261 Å². The molecule has 0 aliphatic rings. The van der Waals surface area contributed by atoms with Gasteiger partial charge >= 0.3 is 0 Å². The molecule has 9 aromatic carbocycles. The minimum Gasteiger partial charge on any atom is -0.246 e. The smallest absolute Gasteiger partial charge is 0.160 e. The Bertz CT molecular complexity index is 3230. The Morgan fingerprint density at radius 3 is 0.894 bits per heavy atom. The first-order valence-corrected chi connectivity index (χ1v) is 22.3. The Morgan fingerprint density at radius 1 is 0.182 bits per heavy atom. The molecule has 0 saturated heterocycles. The van der Waals surface area contributed by atoms with Gasteiger partial charge in [-0.3, -0.25) is 0 Å². The number of pyridine rings is 1. The molecule has 11 aromatic rings. The highest BCUT2D eigenvalue weighted by molar-refractivity contribution is 6.05. The van der Waals surface area contributed by atoms with Gasteiger partial charge in [-0.15, -0.1) is 0 Å². The lowest BCUT2D eigenvalue weighted by Crippen LogP contribution is -2.02. The van der Waals surface area contributed by atoms with Gasteiger partial charge in [0.15, 0.2) is 5.82 Å². The summed E-state index contributed by atoms with van der Waals surface area (Å²) in [7, 11) is 0. The topological polar surface area (TPSA) is 38.7 Å². The first-order chi connectivity index (χ1) is 32.7. The Labute approximate surface area is 386 Å². The van der Waals surface area contributed by atoms with E-state index in [1.165, 1.54) is 0 Å². The van der Waals surface area contributed by atoms with E-state index in [0.29, 0.717) is 5.82 Å². The molecule has 0 aliphatic carbocycles. The van der Waals surface area contributed by atoms with E-state index < -0.39 is 0 Å². The lowest BCUT2D eigenvalue weighted by atomic mass is 9.83. The van der Waals surface area contributed by atoms with Crippen LogP contribution >= 0.6 is 0 Å². The molecule has 66 heavy (non-hydrogen) atoms. The normalized spacial score (nSPS) is 11.0. The molecular formula is C63H43N3. The third kappa shape index (κ3) is 8.14. The zero-order valence-corrected chi connectivity index (χ0v) is 36.2. The fraction of sp³-hybridized carbons (Fsp3) is 0. The average Bonchev–Trinajstić information content (AvgIpc) is 3.41. The van der Waals surface area contributed by atoms with Crippen molar-refractivity contribution in [1.29, 1.82) is 0 Å². The summed E-state index contributed by atoms with van der Waals surface area (Å²) >= 11 is 0. The SMILES string of the molecule is c1ccc(-c2cccc(-c3cc(-c4cccc(-c5ccccc5)c4)nc(-c4cccc(-c5c(-c6ccccc6)c(-c6ccccc6)nc(-c6ccccc6)c5-c5ccccc5)c4)n3)c2)cc1. The van der Waals surface area contributed by atoms with Crippen molar-refractivity contribution in [3.8, 4) is 112 Å². The number of hydrogen-bond donors (Lipinski definition) is 0. The first kappa shape index (κ1) is 40.0. The lowest BCUT2D eigenvalue weighted by molar-refractivity contribution is 1.18. The van der Waals surface area contributed by atoms with Crippen LogP contribution in [0.2, 0.25) is 0 Å². The van der Waals surface area contributed by atoms with Gasteiger partial charge in [0.05, 0.1) is 22.8 Å². The molecule has 0 radical (unpaired) electrons. The van der Waals surface area contributed by atoms with Crippen LogP contribution in [0.5, 0.6) is 0 Å². The summed E-state index contributed by atoms with van der Waals surface area (Å²) < 4.78 is 0. The van der Waals surface area contributed by atoms with Gasteiger partial charge < -0.3 is 0 Å². The van der Waals surface area contributed by atoms with Crippen LogP contribution in [0.25, 0.3) is 112 Å². The second-order valence-corrected chi connectivity index (χ2v) is 16.3. The van der Waals surface area contributed by atoms with E-state index in [-0.39, 0.29) is 0 Å². The summed E-state index contributed by atoms with van der Waals surface area (Å²) in [5, 5.41) is 0. The van der Waals surface area contributed by atoms with E-state index in [0.717, 1.165) is 106 Å². The maximum absolute atomic E-state index is 5.66. The summed E-state index contributed by atoms with van der Waals surface area (Å²) in [6.45, 7) is 0. The van der Waals surface area contributed by atoms with E-state index in [4.69, 9.17) is 15.0 Å². The molecule has 3 nitrogen and oxygen atoms in total. The molecule has 0 N–H and O–H groups in total. The number of rotatable bonds is 10. The summed E-state index contributed by atoms with van der Waals surface area (Å²) in [4.78, 5) is 16.5. The highest BCUT2D eigenvalue weighted by atomic mass is 14.9. The molecular weight excluding hydrogens is 799 g/mol. The molecule has 0 atom stereocenters. The molecule has 0 aliphatic heterocycles. The quantitative estimate of drug-likeness (QED) is 0.138. The van der Waals surface area contributed by atoms with E-state index in [9.17, 15) is 0 Å². The second kappa shape index (κ2) is 18.1. The van der Waals surface area contributed by atoms with Crippen molar-refractivity contribution in [3.05, 3.63) is 261 Å². The Balaban J connectivity index is 1.17. The molecule has 0 amide bonds. The zero-order valence-electron chi connectivity index (χ0n) is 36.2. The van der Waals surface area contributed by atoms with Gasteiger partial charge in [0.25, 0.3) is 0 Å². The minimum absolute atomic E-state index is 0.641. The van der Waals surface area contributed by atoms with Gasteiger partial charge in [-0.05, 0) is 63.2 Å². The minimum atomic E-state index is 0.641. The Morgan fingerprint density at radius 2 is 0.485 bits per heavy atom. The van der Waals surface area contributed by atoms with Crippen LogP contribution in [-0.2, 0) is 0 Å². The molecule has 0 bridgehead atoms. The predicted molar refractivity (Wildman–Crippen MR) is 274 cm³/mol. The number of aromatic nitrogens is 3. The number of benzene rings is 9. The van der Waals surface area contributed by atoms with E-state index in [2.05, 4.69) is 261 Å². The van der Waals surface area contributed by atoms with Crippen molar-refractivity contribution in [3.63, 3.8) is 0 Å². The number of hydrogen-bond acceptors (Lipinski definition) is 3. The fourth-order valence-electron chi connectivity index (χ4n) is 8.92. The summed E-state index contributed by atoms with van der Waals surface area (Å²) in [6.07, 6.45) is 0. The van der Waals surface area contributed by atoms with Crippen molar-refractivity contribution in [2.45, 2.75) is 0 Å². The second-order valence-electron chi connectivity index (χ2n) is 16.3. The van der Waals surface area contributed by atoms with Crippen molar-refractivity contribution in [1.82, 2.24) is 15.0 Å². The monoisotopic (exact) mass is 841 g/mol. The summed E-state index contributed by atoms with van der Waals surface area (Å²) in [5.74, 6) is 0.641. The Kier molecular flexibility index (Phi) is 11.0. The van der Waals surface area contributed by atoms with Crippen LogP contribution in [-0.4, -0.2) is 15.0 Å². The van der Waals surface area contributed by atoms with Gasteiger partial charge in [-0.2, -0.15) is 0 Å². The largest absolute Gasteiger partial charge is 0.246 e. The maximum atomic E-state index is 5.66. The number of nitrogens with zero attached hydrogens (tertiary/aromatic N) is 3. The molecule has 2 aromatic heterocycles. The first-order valence-electron chi connectivity index (χ1n) is 22.3. The molecule has 0 unspecified atom stereocenters. The standard InChI is InChI=1S/C63H43N3/c1-7-22-44(23-8-1)50-34-19-36-52(40-50)56-43-57(53-37-20-35-51(41-53)45-24-9-2-10-25-45)65-63(64-56)55-39-21-38-54(42-55)58-59(46-26-11-3-12-27-46)61(48-30-15-5-16-31-48)66-62(49-32-17-6-18-33-49)60(58)47-28-13-4-14-29-47/h1-43H. The highest BCUT2D eigenvalue weighted by Gasteiger charge is 2.26. The molecule has 11 rings (SSSR count). The van der Waals surface area contributed by atoms with E-state index in [1.54, 1.807) is 0 Å². The molecule has 0 fully saturated rings. The van der Waals surface area contributed by atoms with Crippen LogP contribution in [0, 0.1) is 0 Å². The van der Waals surface area contributed by atoms with Gasteiger partial charge in [0.2, 0.25) is 0 Å². The van der Waals surface area contributed by atoms with Gasteiger partial charge in [-0.25, -0.2) is 15.0 Å². The molecule has 310 valence electrons. The molecule has 0 spiro atoms.